The largest absolute Gasteiger partial charge is 0.359 e. The zero-order valence-electron chi connectivity index (χ0n) is 12.5. The van der Waals surface area contributed by atoms with E-state index in [1.807, 2.05) is 30.3 Å². The molecule has 1 unspecified atom stereocenters. The van der Waals surface area contributed by atoms with Gasteiger partial charge in [0.05, 0.1) is 12.0 Å². The lowest BCUT2D eigenvalue weighted by molar-refractivity contribution is -0.142. The Morgan fingerprint density at radius 2 is 2.09 bits per heavy atom. The smallest absolute Gasteiger partial charge is 0.237 e. The number of imide groups is 1. The molecule has 1 aromatic carbocycles. The Morgan fingerprint density at radius 1 is 1.26 bits per heavy atom. The number of thioether (sulfide) groups is 1. The molecule has 23 heavy (non-hydrogen) atoms. The zero-order valence-corrected chi connectivity index (χ0v) is 13.3. The molecule has 2 saturated heterocycles. The molecule has 1 atom stereocenters. The van der Waals surface area contributed by atoms with Crippen LogP contribution in [0.2, 0.25) is 0 Å². The van der Waals surface area contributed by atoms with E-state index < -0.39 is 5.41 Å². The van der Waals surface area contributed by atoms with Gasteiger partial charge in [-0.05, 0) is 12.2 Å². The van der Waals surface area contributed by atoms with Crippen LogP contribution in [0.1, 0.15) is 18.6 Å². The van der Waals surface area contributed by atoms with Crippen molar-refractivity contribution in [2.75, 3.05) is 11.5 Å². The molecule has 1 aromatic heterocycles. The van der Waals surface area contributed by atoms with Crippen LogP contribution in [0, 0.1) is 5.41 Å². The number of nitrogens with zero attached hydrogens (tertiary/aromatic N) is 2. The van der Waals surface area contributed by atoms with Gasteiger partial charge in [0, 0.05) is 23.8 Å². The average Bonchev–Trinajstić information content (AvgIpc) is 3.27. The van der Waals surface area contributed by atoms with Crippen LogP contribution >= 0.6 is 11.8 Å². The first-order chi connectivity index (χ1) is 11.2. The Morgan fingerprint density at radius 3 is 2.83 bits per heavy atom. The second-order valence-electron chi connectivity index (χ2n) is 6.09. The number of aromatic nitrogens is 1. The summed E-state index contributed by atoms with van der Waals surface area (Å²) in [4.78, 5) is 26.2. The van der Waals surface area contributed by atoms with E-state index in [1.54, 1.807) is 17.8 Å². The quantitative estimate of drug-likeness (QED) is 0.811. The monoisotopic (exact) mass is 328 g/mol. The van der Waals surface area contributed by atoms with E-state index in [2.05, 4.69) is 5.16 Å². The van der Waals surface area contributed by atoms with Crippen LogP contribution < -0.4 is 0 Å². The number of hydrogen-bond donors (Lipinski definition) is 0. The van der Waals surface area contributed by atoms with Crippen molar-refractivity contribution in [3.05, 3.63) is 42.2 Å². The van der Waals surface area contributed by atoms with Crippen LogP contribution in [-0.4, -0.2) is 33.4 Å². The third-order valence-electron chi connectivity index (χ3n) is 4.54. The summed E-state index contributed by atoms with van der Waals surface area (Å²) < 4.78 is 5.33. The molecule has 5 nitrogen and oxygen atoms in total. The molecule has 118 valence electrons. The lowest BCUT2D eigenvalue weighted by Gasteiger charge is -2.19. The fraction of sp³-hybridized carbons (Fsp3) is 0.353. The van der Waals surface area contributed by atoms with Gasteiger partial charge in [-0.25, -0.2) is 0 Å². The highest BCUT2D eigenvalue weighted by Gasteiger charge is 2.53. The van der Waals surface area contributed by atoms with Crippen molar-refractivity contribution < 1.29 is 14.1 Å². The van der Waals surface area contributed by atoms with Gasteiger partial charge in [-0.3, -0.25) is 14.5 Å². The van der Waals surface area contributed by atoms with Crippen LogP contribution in [0.3, 0.4) is 0 Å². The minimum absolute atomic E-state index is 0.0508. The minimum atomic E-state index is -0.468. The minimum Gasteiger partial charge on any atom is -0.359 e. The Labute approximate surface area is 138 Å². The molecular weight excluding hydrogens is 312 g/mol. The lowest BCUT2D eigenvalue weighted by atomic mass is 9.86. The standard InChI is InChI=1S/C17H16N2O3S/c20-15-9-17(6-7-23-11-17)16(21)19(15)10-13-8-14(18-22-13)12-4-2-1-3-5-12/h1-5,8H,6-7,9-11H2. The number of hydrogen-bond acceptors (Lipinski definition) is 5. The molecule has 6 heteroatoms. The van der Waals surface area contributed by atoms with E-state index in [4.69, 9.17) is 4.52 Å². The second kappa shape index (κ2) is 5.53. The molecular formula is C17H16N2O3S. The fourth-order valence-electron chi connectivity index (χ4n) is 3.22. The van der Waals surface area contributed by atoms with E-state index in [1.165, 1.54) is 4.90 Å². The van der Waals surface area contributed by atoms with Gasteiger partial charge in [0.2, 0.25) is 11.8 Å². The van der Waals surface area contributed by atoms with Gasteiger partial charge in [0.1, 0.15) is 5.69 Å². The molecule has 3 heterocycles. The third kappa shape index (κ3) is 2.47. The van der Waals surface area contributed by atoms with Crippen molar-refractivity contribution in [1.82, 2.24) is 10.1 Å². The molecule has 0 radical (unpaired) electrons. The summed E-state index contributed by atoms with van der Waals surface area (Å²) >= 11 is 1.75. The number of amides is 2. The Kier molecular flexibility index (Phi) is 3.49. The summed E-state index contributed by atoms with van der Waals surface area (Å²) in [5.74, 6) is 2.08. The van der Waals surface area contributed by atoms with E-state index in [-0.39, 0.29) is 18.4 Å². The Hall–Kier alpha value is -2.08. The summed E-state index contributed by atoms with van der Waals surface area (Å²) in [7, 11) is 0. The van der Waals surface area contributed by atoms with Gasteiger partial charge >= 0.3 is 0 Å². The molecule has 2 aromatic rings. The fourth-order valence-corrected chi connectivity index (χ4v) is 4.66. The van der Waals surface area contributed by atoms with Gasteiger partial charge in [0.15, 0.2) is 5.76 Å². The highest BCUT2D eigenvalue weighted by molar-refractivity contribution is 7.99. The molecule has 0 N–H and O–H groups in total. The number of carbonyl (C=O) groups is 2. The summed E-state index contributed by atoms with van der Waals surface area (Å²) in [5, 5.41) is 4.04. The summed E-state index contributed by atoms with van der Waals surface area (Å²) in [5.41, 5.74) is 1.19. The highest BCUT2D eigenvalue weighted by Crippen LogP contribution is 2.45. The summed E-state index contributed by atoms with van der Waals surface area (Å²) in [6.45, 7) is 0.171. The SMILES string of the molecule is O=C1CC2(CCSC2)C(=O)N1Cc1cc(-c2ccccc2)no1. The maximum Gasteiger partial charge on any atom is 0.237 e. The summed E-state index contributed by atoms with van der Waals surface area (Å²) in [6, 6.07) is 11.5. The van der Waals surface area contributed by atoms with Crippen molar-refractivity contribution in [2.24, 2.45) is 5.41 Å². The predicted octanol–water partition coefficient (Wildman–Crippen LogP) is 2.72. The van der Waals surface area contributed by atoms with Gasteiger partial charge in [-0.15, -0.1) is 0 Å². The van der Waals surface area contributed by atoms with Gasteiger partial charge in [-0.1, -0.05) is 35.5 Å². The Balaban J connectivity index is 1.54. The number of rotatable bonds is 3. The van der Waals surface area contributed by atoms with E-state index >= 15 is 0 Å². The third-order valence-corrected chi connectivity index (χ3v) is 5.78. The normalized spacial score (nSPS) is 24.1. The number of benzene rings is 1. The van der Waals surface area contributed by atoms with Crippen LogP contribution in [0.5, 0.6) is 0 Å². The summed E-state index contributed by atoms with van der Waals surface area (Å²) in [6.07, 6.45) is 1.13. The molecule has 2 amide bonds. The van der Waals surface area contributed by atoms with E-state index in [0.29, 0.717) is 17.9 Å². The molecule has 2 fully saturated rings. The average molecular weight is 328 g/mol. The first-order valence-electron chi connectivity index (χ1n) is 7.62. The predicted molar refractivity (Wildman–Crippen MR) is 86.5 cm³/mol. The van der Waals surface area contributed by atoms with Crippen LogP contribution in [0.15, 0.2) is 40.9 Å². The van der Waals surface area contributed by atoms with Gasteiger partial charge < -0.3 is 4.52 Å². The van der Waals surface area contributed by atoms with E-state index in [0.717, 1.165) is 23.5 Å². The molecule has 2 aliphatic heterocycles. The second-order valence-corrected chi connectivity index (χ2v) is 7.19. The van der Waals surface area contributed by atoms with Crippen molar-refractivity contribution in [1.29, 1.82) is 0 Å². The number of carbonyl (C=O) groups excluding carboxylic acids is 2. The first-order valence-corrected chi connectivity index (χ1v) is 8.77. The topological polar surface area (TPSA) is 63.4 Å². The van der Waals surface area contributed by atoms with Gasteiger partial charge in [0.25, 0.3) is 0 Å². The van der Waals surface area contributed by atoms with Crippen LogP contribution in [0.25, 0.3) is 11.3 Å². The maximum absolute atomic E-state index is 12.7. The molecule has 0 bridgehead atoms. The molecule has 1 spiro atoms. The maximum atomic E-state index is 12.7. The number of likely N-dealkylation sites (tertiary alicyclic amines) is 1. The molecule has 2 aliphatic rings. The zero-order chi connectivity index (χ0) is 15.9. The molecule has 0 saturated carbocycles. The molecule has 0 aliphatic carbocycles. The lowest BCUT2D eigenvalue weighted by Crippen LogP contribution is -2.35. The van der Waals surface area contributed by atoms with Crippen LogP contribution in [0.4, 0.5) is 0 Å². The Bertz CT molecular complexity index is 750. The van der Waals surface area contributed by atoms with Crippen molar-refractivity contribution >= 4 is 23.6 Å². The molecule has 4 rings (SSSR count). The van der Waals surface area contributed by atoms with Crippen molar-refractivity contribution in [3.8, 4) is 11.3 Å². The van der Waals surface area contributed by atoms with Crippen LogP contribution in [-0.2, 0) is 16.1 Å². The highest BCUT2D eigenvalue weighted by atomic mass is 32.2. The first kappa shape index (κ1) is 14.5. The van der Waals surface area contributed by atoms with Gasteiger partial charge in [-0.2, -0.15) is 11.8 Å². The van der Waals surface area contributed by atoms with Crippen molar-refractivity contribution in [3.63, 3.8) is 0 Å². The van der Waals surface area contributed by atoms with Crippen molar-refractivity contribution in [2.45, 2.75) is 19.4 Å². The van der Waals surface area contributed by atoms with E-state index in [9.17, 15) is 9.59 Å².